The fourth-order valence-corrected chi connectivity index (χ4v) is 3.14. The van der Waals surface area contributed by atoms with E-state index in [0.717, 1.165) is 12.6 Å². The molecule has 0 saturated carbocycles. The van der Waals surface area contributed by atoms with Crippen molar-refractivity contribution >= 4 is 0 Å². The lowest BCUT2D eigenvalue weighted by atomic mass is 10.0. The molecule has 2 unspecified atom stereocenters. The van der Waals surface area contributed by atoms with Crippen LogP contribution in [-0.2, 0) is 4.74 Å². The van der Waals surface area contributed by atoms with Gasteiger partial charge in [-0.05, 0) is 58.2 Å². The normalized spacial score (nSPS) is 30.0. The van der Waals surface area contributed by atoms with Crippen molar-refractivity contribution in [2.45, 2.75) is 57.6 Å². The second-order valence-corrected chi connectivity index (χ2v) is 5.41. The quantitative estimate of drug-likeness (QED) is 0.769. The first-order valence-corrected chi connectivity index (χ1v) is 7.46. The molecule has 1 N–H and O–H groups in total. The minimum Gasteiger partial charge on any atom is -0.378 e. The van der Waals surface area contributed by atoms with E-state index >= 15 is 0 Å². The maximum atomic E-state index is 5.68. The van der Waals surface area contributed by atoms with E-state index in [2.05, 4.69) is 17.1 Å². The first kappa shape index (κ1) is 13.3. The number of rotatable bonds is 6. The zero-order valence-corrected chi connectivity index (χ0v) is 11.3. The Bertz CT molecular complexity index is 198. The van der Waals surface area contributed by atoms with E-state index in [1.165, 1.54) is 64.7 Å². The predicted molar refractivity (Wildman–Crippen MR) is 71.3 cm³/mol. The summed E-state index contributed by atoms with van der Waals surface area (Å²) in [7, 11) is 0. The van der Waals surface area contributed by atoms with Crippen molar-refractivity contribution < 1.29 is 4.74 Å². The molecule has 0 bridgehead atoms. The molecule has 17 heavy (non-hydrogen) atoms. The highest BCUT2D eigenvalue weighted by Crippen LogP contribution is 2.18. The number of likely N-dealkylation sites (N-methyl/N-ethyl adjacent to an activating group) is 1. The van der Waals surface area contributed by atoms with E-state index in [0.29, 0.717) is 6.10 Å². The van der Waals surface area contributed by atoms with Gasteiger partial charge >= 0.3 is 0 Å². The zero-order chi connectivity index (χ0) is 11.9. The van der Waals surface area contributed by atoms with Gasteiger partial charge in [-0.3, -0.25) is 4.90 Å². The Morgan fingerprint density at radius 3 is 2.88 bits per heavy atom. The van der Waals surface area contributed by atoms with E-state index < -0.39 is 0 Å². The maximum Gasteiger partial charge on any atom is 0.0576 e. The summed E-state index contributed by atoms with van der Waals surface area (Å²) in [6.07, 6.45) is 8.41. The molecule has 2 aliphatic heterocycles. The fourth-order valence-electron chi connectivity index (χ4n) is 3.14. The molecule has 100 valence electrons. The lowest BCUT2D eigenvalue weighted by Crippen LogP contribution is -2.46. The molecule has 0 aliphatic carbocycles. The fraction of sp³-hybridized carbons (Fsp3) is 1.00. The molecule has 2 rings (SSSR count). The minimum atomic E-state index is 0.568. The average Bonchev–Trinajstić information content (AvgIpc) is 2.89. The number of hydrogen-bond acceptors (Lipinski definition) is 3. The van der Waals surface area contributed by atoms with Crippen LogP contribution in [0.5, 0.6) is 0 Å². The Balaban J connectivity index is 1.63. The van der Waals surface area contributed by atoms with E-state index in [9.17, 15) is 0 Å². The molecule has 0 radical (unpaired) electrons. The Morgan fingerprint density at radius 2 is 2.24 bits per heavy atom. The molecular formula is C14H28N2O. The number of nitrogens with zero attached hydrogens (tertiary/aromatic N) is 1. The third-order valence-corrected chi connectivity index (χ3v) is 4.19. The van der Waals surface area contributed by atoms with Crippen molar-refractivity contribution in [1.29, 1.82) is 0 Å². The van der Waals surface area contributed by atoms with Crippen molar-refractivity contribution in [3.63, 3.8) is 0 Å². The Kier molecular flexibility index (Phi) is 5.75. The molecule has 2 aliphatic rings. The lowest BCUT2D eigenvalue weighted by molar-refractivity contribution is 0.0945. The van der Waals surface area contributed by atoms with Gasteiger partial charge in [0.15, 0.2) is 0 Å². The van der Waals surface area contributed by atoms with Crippen LogP contribution >= 0.6 is 0 Å². The van der Waals surface area contributed by atoms with Crippen molar-refractivity contribution in [2.24, 2.45) is 0 Å². The second kappa shape index (κ2) is 7.34. The highest BCUT2D eigenvalue weighted by Gasteiger charge is 2.20. The third-order valence-electron chi connectivity index (χ3n) is 4.19. The van der Waals surface area contributed by atoms with Crippen molar-refractivity contribution in [3.05, 3.63) is 0 Å². The summed E-state index contributed by atoms with van der Waals surface area (Å²) >= 11 is 0. The van der Waals surface area contributed by atoms with Gasteiger partial charge in [-0.2, -0.15) is 0 Å². The van der Waals surface area contributed by atoms with E-state index in [-0.39, 0.29) is 0 Å². The van der Waals surface area contributed by atoms with Crippen LogP contribution in [0.2, 0.25) is 0 Å². The number of piperidine rings is 1. The van der Waals surface area contributed by atoms with E-state index in [1.54, 1.807) is 0 Å². The standard InChI is InChI=1S/C14H28N2O/c1-2-16(13-6-3-9-15-12-13)10-4-7-14-8-5-11-17-14/h13-15H,2-12H2,1H3. The Hall–Kier alpha value is -0.120. The topological polar surface area (TPSA) is 24.5 Å². The van der Waals surface area contributed by atoms with Crippen LogP contribution in [0.15, 0.2) is 0 Å². The summed E-state index contributed by atoms with van der Waals surface area (Å²) in [5.41, 5.74) is 0. The minimum absolute atomic E-state index is 0.568. The van der Waals surface area contributed by atoms with Crippen LogP contribution in [0, 0.1) is 0 Å². The van der Waals surface area contributed by atoms with Gasteiger partial charge in [-0.1, -0.05) is 6.92 Å². The van der Waals surface area contributed by atoms with Gasteiger partial charge in [0.2, 0.25) is 0 Å². The molecule has 0 spiro atoms. The molecule has 2 fully saturated rings. The van der Waals surface area contributed by atoms with Crippen LogP contribution in [0.4, 0.5) is 0 Å². The predicted octanol–water partition coefficient (Wildman–Crippen LogP) is 2.02. The van der Waals surface area contributed by atoms with Gasteiger partial charge in [-0.15, -0.1) is 0 Å². The van der Waals surface area contributed by atoms with Gasteiger partial charge in [0.05, 0.1) is 6.10 Å². The SMILES string of the molecule is CCN(CCCC1CCCO1)C1CCCNC1. The summed E-state index contributed by atoms with van der Waals surface area (Å²) in [6, 6.07) is 0.776. The molecule has 0 aromatic heterocycles. The largest absolute Gasteiger partial charge is 0.378 e. The zero-order valence-electron chi connectivity index (χ0n) is 11.3. The third kappa shape index (κ3) is 4.23. The van der Waals surface area contributed by atoms with Crippen LogP contribution in [0.1, 0.15) is 45.4 Å². The smallest absolute Gasteiger partial charge is 0.0576 e. The van der Waals surface area contributed by atoms with Gasteiger partial charge in [0.1, 0.15) is 0 Å². The summed E-state index contributed by atoms with van der Waals surface area (Å²) in [4.78, 5) is 2.65. The van der Waals surface area contributed by atoms with Crippen molar-refractivity contribution in [3.8, 4) is 0 Å². The molecule has 2 atom stereocenters. The highest BCUT2D eigenvalue weighted by molar-refractivity contribution is 4.78. The number of nitrogens with one attached hydrogen (secondary N) is 1. The average molecular weight is 240 g/mol. The molecule has 3 heteroatoms. The summed E-state index contributed by atoms with van der Waals surface area (Å²) < 4.78 is 5.68. The van der Waals surface area contributed by atoms with Gasteiger partial charge < -0.3 is 10.1 Å². The number of ether oxygens (including phenoxy) is 1. The van der Waals surface area contributed by atoms with Gasteiger partial charge in [0.25, 0.3) is 0 Å². The summed E-state index contributed by atoms with van der Waals surface area (Å²) in [5, 5.41) is 3.51. The van der Waals surface area contributed by atoms with Gasteiger partial charge in [0, 0.05) is 19.2 Å². The first-order valence-electron chi connectivity index (χ1n) is 7.46. The molecular weight excluding hydrogens is 212 g/mol. The Labute approximate surface area is 106 Å². The van der Waals surface area contributed by atoms with Crippen LogP contribution in [0.3, 0.4) is 0 Å². The van der Waals surface area contributed by atoms with Gasteiger partial charge in [-0.25, -0.2) is 0 Å². The summed E-state index contributed by atoms with van der Waals surface area (Å²) in [6.45, 7) is 8.13. The van der Waals surface area contributed by atoms with E-state index in [1.807, 2.05) is 0 Å². The number of hydrogen-bond donors (Lipinski definition) is 1. The molecule has 2 saturated heterocycles. The van der Waals surface area contributed by atoms with E-state index in [4.69, 9.17) is 4.74 Å². The molecule has 0 aromatic carbocycles. The van der Waals surface area contributed by atoms with Crippen LogP contribution in [0.25, 0.3) is 0 Å². The van der Waals surface area contributed by atoms with Crippen LogP contribution in [-0.4, -0.2) is 49.8 Å². The molecule has 2 heterocycles. The monoisotopic (exact) mass is 240 g/mol. The maximum absolute atomic E-state index is 5.68. The van der Waals surface area contributed by atoms with Crippen molar-refractivity contribution in [2.75, 3.05) is 32.8 Å². The molecule has 3 nitrogen and oxygen atoms in total. The Morgan fingerprint density at radius 1 is 1.29 bits per heavy atom. The molecule has 0 aromatic rings. The van der Waals surface area contributed by atoms with Crippen molar-refractivity contribution in [1.82, 2.24) is 10.2 Å². The molecule has 0 amide bonds. The first-order chi connectivity index (χ1) is 8.40. The summed E-state index contributed by atoms with van der Waals surface area (Å²) in [5.74, 6) is 0. The van der Waals surface area contributed by atoms with Crippen LogP contribution < -0.4 is 5.32 Å². The lowest BCUT2D eigenvalue weighted by Gasteiger charge is -2.34. The second-order valence-electron chi connectivity index (χ2n) is 5.41. The highest BCUT2D eigenvalue weighted by atomic mass is 16.5.